The number of aliphatic hydroxyl groups is 1. The molecule has 0 aromatic rings. The van der Waals surface area contributed by atoms with Crippen LogP contribution in [-0.2, 0) is 9.53 Å². The molecule has 18 heavy (non-hydrogen) atoms. The monoisotopic (exact) mass is 260 g/mol. The van der Waals surface area contributed by atoms with Crippen molar-refractivity contribution in [3.8, 4) is 0 Å². The Kier molecular flexibility index (Phi) is 4.92. The second kappa shape index (κ2) is 6.01. The molecule has 7 heteroatoms. The van der Waals surface area contributed by atoms with Gasteiger partial charge in [0.15, 0.2) is 6.04 Å². The zero-order valence-electron chi connectivity index (χ0n) is 10.6. The van der Waals surface area contributed by atoms with E-state index in [0.717, 1.165) is 0 Å². The van der Waals surface area contributed by atoms with Crippen LogP contribution in [-0.4, -0.2) is 53.1 Å². The average molecular weight is 260 g/mol. The van der Waals surface area contributed by atoms with Crippen LogP contribution in [0.3, 0.4) is 0 Å². The van der Waals surface area contributed by atoms with E-state index in [2.05, 4.69) is 10.6 Å². The molecule has 7 nitrogen and oxygen atoms in total. The Labute approximate surface area is 106 Å². The van der Waals surface area contributed by atoms with Gasteiger partial charge in [0.1, 0.15) is 0 Å². The zero-order chi connectivity index (χ0) is 13.8. The predicted molar refractivity (Wildman–Crippen MR) is 63.2 cm³/mol. The van der Waals surface area contributed by atoms with Gasteiger partial charge >= 0.3 is 12.0 Å². The van der Waals surface area contributed by atoms with Crippen molar-refractivity contribution in [3.63, 3.8) is 0 Å². The maximum atomic E-state index is 11.7. The van der Waals surface area contributed by atoms with Crippen molar-refractivity contribution in [1.82, 2.24) is 10.6 Å². The summed E-state index contributed by atoms with van der Waals surface area (Å²) in [5.74, 6) is -1.27. The van der Waals surface area contributed by atoms with E-state index in [-0.39, 0.29) is 0 Å². The fraction of sp³-hybridized carbons (Fsp3) is 0.818. The number of carbonyl (C=O) groups is 2. The summed E-state index contributed by atoms with van der Waals surface area (Å²) < 4.78 is 5.20. The number of aliphatic carboxylic acids is 1. The van der Waals surface area contributed by atoms with Crippen LogP contribution in [0.5, 0.6) is 0 Å². The minimum absolute atomic E-state index is 0.399. The summed E-state index contributed by atoms with van der Waals surface area (Å²) in [7, 11) is 0. The molecule has 1 aliphatic heterocycles. The third kappa shape index (κ3) is 4.15. The van der Waals surface area contributed by atoms with Gasteiger partial charge in [-0.3, -0.25) is 0 Å². The molecular weight excluding hydrogens is 240 g/mol. The molecule has 0 radical (unpaired) electrons. The predicted octanol–water partition coefficient (Wildman–Crippen LogP) is -0.311. The van der Waals surface area contributed by atoms with Gasteiger partial charge in [-0.05, 0) is 26.7 Å². The van der Waals surface area contributed by atoms with Gasteiger partial charge < -0.3 is 25.6 Å². The number of rotatable bonds is 4. The molecule has 4 N–H and O–H groups in total. The Morgan fingerprint density at radius 3 is 2.33 bits per heavy atom. The van der Waals surface area contributed by atoms with Gasteiger partial charge in [0.25, 0.3) is 0 Å². The lowest BCUT2D eigenvalue weighted by molar-refractivity contribution is -0.141. The molecule has 1 heterocycles. The molecule has 0 aromatic heterocycles. The van der Waals surface area contributed by atoms with Crippen molar-refractivity contribution >= 4 is 12.0 Å². The van der Waals surface area contributed by atoms with Crippen LogP contribution in [0.15, 0.2) is 0 Å². The Balaban J connectivity index is 2.52. The number of aliphatic hydroxyl groups excluding tert-OH is 1. The van der Waals surface area contributed by atoms with E-state index in [1.807, 2.05) is 6.92 Å². The normalized spacial score (nSPS) is 21.7. The van der Waals surface area contributed by atoms with Gasteiger partial charge in [-0.1, -0.05) is 0 Å². The number of urea groups is 1. The minimum Gasteiger partial charge on any atom is -0.480 e. The first-order valence-electron chi connectivity index (χ1n) is 5.91. The second-order valence-corrected chi connectivity index (χ2v) is 4.83. The maximum absolute atomic E-state index is 11.7. The van der Waals surface area contributed by atoms with E-state index in [0.29, 0.717) is 26.1 Å². The number of nitrogens with one attached hydrogen (secondary N) is 2. The molecule has 0 aromatic carbocycles. The molecule has 0 spiro atoms. The lowest BCUT2D eigenvalue weighted by atomic mass is 9.93. The number of hydrogen-bond acceptors (Lipinski definition) is 4. The molecule has 2 atom stereocenters. The number of hydrogen-bond donors (Lipinski definition) is 4. The van der Waals surface area contributed by atoms with Gasteiger partial charge in [-0.25, -0.2) is 9.59 Å². The van der Waals surface area contributed by atoms with Crippen molar-refractivity contribution in [2.24, 2.45) is 0 Å². The smallest absolute Gasteiger partial charge is 0.328 e. The highest BCUT2D eigenvalue weighted by Gasteiger charge is 2.31. The SMILES string of the molecule is CC(O)C(NC(=O)NC1(C)CCOCC1)C(=O)O. The number of carboxylic acid groups (broad SMARTS) is 1. The second-order valence-electron chi connectivity index (χ2n) is 4.83. The van der Waals surface area contributed by atoms with Gasteiger partial charge in [0.2, 0.25) is 0 Å². The summed E-state index contributed by atoms with van der Waals surface area (Å²) >= 11 is 0. The highest BCUT2D eigenvalue weighted by molar-refractivity contribution is 5.83. The fourth-order valence-corrected chi connectivity index (χ4v) is 1.79. The third-order valence-corrected chi connectivity index (χ3v) is 3.05. The van der Waals surface area contributed by atoms with E-state index < -0.39 is 29.7 Å². The van der Waals surface area contributed by atoms with Crippen molar-refractivity contribution < 1.29 is 24.5 Å². The first-order chi connectivity index (χ1) is 8.34. The number of carbonyl (C=O) groups excluding carboxylic acids is 1. The molecular formula is C11H20N2O5. The molecule has 1 fully saturated rings. The summed E-state index contributed by atoms with van der Waals surface area (Å²) in [6.07, 6.45) is 0.190. The quantitative estimate of drug-likeness (QED) is 0.554. The first kappa shape index (κ1) is 14.7. The summed E-state index contributed by atoms with van der Waals surface area (Å²) in [6, 6.07) is -1.90. The van der Waals surface area contributed by atoms with Crippen LogP contribution in [0, 0.1) is 0 Å². The largest absolute Gasteiger partial charge is 0.480 e. The molecule has 1 rings (SSSR count). The van der Waals surface area contributed by atoms with Crippen molar-refractivity contribution in [2.75, 3.05) is 13.2 Å². The van der Waals surface area contributed by atoms with Crippen LogP contribution < -0.4 is 10.6 Å². The van der Waals surface area contributed by atoms with E-state index in [4.69, 9.17) is 9.84 Å². The molecule has 0 bridgehead atoms. The Morgan fingerprint density at radius 2 is 1.89 bits per heavy atom. The van der Waals surface area contributed by atoms with Crippen LogP contribution in [0.25, 0.3) is 0 Å². The maximum Gasteiger partial charge on any atom is 0.328 e. The third-order valence-electron chi connectivity index (χ3n) is 3.05. The van der Waals surface area contributed by atoms with Crippen molar-refractivity contribution in [3.05, 3.63) is 0 Å². The lowest BCUT2D eigenvalue weighted by Crippen LogP contribution is -2.57. The van der Waals surface area contributed by atoms with E-state index in [9.17, 15) is 14.7 Å². The number of carboxylic acids is 1. The topological polar surface area (TPSA) is 108 Å². The Bertz CT molecular complexity index is 313. The van der Waals surface area contributed by atoms with Crippen LogP contribution >= 0.6 is 0 Å². The van der Waals surface area contributed by atoms with E-state index in [1.165, 1.54) is 6.92 Å². The Morgan fingerprint density at radius 1 is 1.33 bits per heavy atom. The van der Waals surface area contributed by atoms with Gasteiger partial charge in [-0.15, -0.1) is 0 Å². The average Bonchev–Trinajstić information content (AvgIpc) is 2.25. The summed E-state index contributed by atoms with van der Waals surface area (Å²) in [4.78, 5) is 22.5. The number of ether oxygens (including phenoxy) is 1. The summed E-state index contributed by atoms with van der Waals surface area (Å²) in [6.45, 7) is 4.33. The molecule has 1 saturated heterocycles. The zero-order valence-corrected chi connectivity index (χ0v) is 10.6. The van der Waals surface area contributed by atoms with Crippen molar-refractivity contribution in [2.45, 2.75) is 44.4 Å². The van der Waals surface area contributed by atoms with Crippen LogP contribution in [0.1, 0.15) is 26.7 Å². The van der Waals surface area contributed by atoms with Crippen LogP contribution in [0.2, 0.25) is 0 Å². The highest BCUT2D eigenvalue weighted by Crippen LogP contribution is 2.19. The summed E-state index contributed by atoms with van der Waals surface area (Å²) in [5, 5.41) is 23.1. The standard InChI is InChI=1S/C11H20N2O5/c1-7(14)8(9(15)16)12-10(17)13-11(2)3-5-18-6-4-11/h7-8,14H,3-6H2,1-2H3,(H,15,16)(H2,12,13,17). The fourth-order valence-electron chi connectivity index (χ4n) is 1.79. The van der Waals surface area contributed by atoms with Crippen molar-refractivity contribution in [1.29, 1.82) is 0 Å². The Hall–Kier alpha value is -1.34. The minimum atomic E-state index is -1.31. The summed E-state index contributed by atoms with van der Waals surface area (Å²) in [5.41, 5.74) is -0.399. The van der Waals surface area contributed by atoms with Gasteiger partial charge in [0.05, 0.1) is 6.10 Å². The highest BCUT2D eigenvalue weighted by atomic mass is 16.5. The molecule has 0 aliphatic carbocycles. The van der Waals surface area contributed by atoms with Gasteiger partial charge in [0, 0.05) is 18.8 Å². The molecule has 1 aliphatic rings. The van der Waals surface area contributed by atoms with E-state index >= 15 is 0 Å². The molecule has 2 unspecified atom stereocenters. The lowest BCUT2D eigenvalue weighted by Gasteiger charge is -2.34. The number of amides is 2. The van der Waals surface area contributed by atoms with Gasteiger partial charge in [-0.2, -0.15) is 0 Å². The molecule has 2 amide bonds. The van der Waals surface area contributed by atoms with Crippen LogP contribution in [0.4, 0.5) is 4.79 Å². The van der Waals surface area contributed by atoms with E-state index in [1.54, 1.807) is 0 Å². The first-order valence-corrected chi connectivity index (χ1v) is 5.91. The molecule has 0 saturated carbocycles. The molecule has 104 valence electrons.